The molecule has 0 aromatic heterocycles. The van der Waals surface area contributed by atoms with Crippen molar-refractivity contribution < 1.29 is 26.1 Å². The van der Waals surface area contributed by atoms with E-state index in [-0.39, 0.29) is 12.3 Å². The molecule has 0 heterocycles. The third kappa shape index (κ3) is 2.45. The van der Waals surface area contributed by atoms with E-state index in [1.807, 2.05) is 0 Å². The summed E-state index contributed by atoms with van der Waals surface area (Å²) in [6.45, 7) is 3.85. The second-order valence-electron chi connectivity index (χ2n) is 5.20. The van der Waals surface area contributed by atoms with Gasteiger partial charge in [-0.3, -0.25) is 4.55 Å². The first-order valence-electron chi connectivity index (χ1n) is 5.44. The van der Waals surface area contributed by atoms with E-state index in [0.717, 1.165) is 0 Å². The molecule has 1 aliphatic carbocycles. The molecule has 0 spiro atoms. The predicted molar refractivity (Wildman–Crippen MR) is 57.4 cm³/mol. The zero-order valence-corrected chi connectivity index (χ0v) is 10.8. The Morgan fingerprint density at radius 3 is 2.12 bits per heavy atom. The van der Waals surface area contributed by atoms with E-state index in [0.29, 0.717) is 6.92 Å². The Balaban J connectivity index is 3.29. The second-order valence-corrected chi connectivity index (χ2v) is 6.74. The number of hydrogen-bond donors (Lipinski definition) is 1. The lowest BCUT2D eigenvalue weighted by Gasteiger charge is -2.44. The summed E-state index contributed by atoms with van der Waals surface area (Å²) in [4.78, 5) is 0. The van der Waals surface area contributed by atoms with Gasteiger partial charge in [-0.05, 0) is 31.6 Å². The first-order chi connectivity index (χ1) is 7.41. The molecule has 0 amide bonds. The maximum atomic E-state index is 13.8. The van der Waals surface area contributed by atoms with Crippen LogP contribution in [0.5, 0.6) is 0 Å². The average molecular weight is 274 g/mol. The zero-order chi connectivity index (χ0) is 13.6. The van der Waals surface area contributed by atoms with Crippen molar-refractivity contribution in [3.63, 3.8) is 0 Å². The quantitative estimate of drug-likeness (QED) is 0.788. The second kappa shape index (κ2) is 4.12. The summed E-state index contributed by atoms with van der Waals surface area (Å²) < 4.78 is 72.6. The third-order valence-corrected chi connectivity index (χ3v) is 4.85. The van der Waals surface area contributed by atoms with Crippen LogP contribution in [0.25, 0.3) is 0 Å². The largest absolute Gasteiger partial charge is 0.300 e. The molecule has 0 radical (unpaired) electrons. The lowest BCUT2D eigenvalue weighted by Crippen LogP contribution is -2.60. The minimum atomic E-state index is -4.99. The van der Waals surface area contributed by atoms with Crippen molar-refractivity contribution >= 4 is 10.1 Å². The number of alkyl halides is 3. The molecular formula is C10H17F3O3S. The van der Waals surface area contributed by atoms with Crippen molar-refractivity contribution in [2.45, 2.75) is 50.5 Å². The normalized spacial score (nSPS) is 38.4. The van der Waals surface area contributed by atoms with Gasteiger partial charge in [0.1, 0.15) is 0 Å². The average Bonchev–Trinajstić information content (AvgIpc) is 2.06. The van der Waals surface area contributed by atoms with Gasteiger partial charge in [0, 0.05) is 0 Å². The van der Waals surface area contributed by atoms with Crippen LogP contribution in [0.4, 0.5) is 13.2 Å². The Bertz CT molecular complexity index is 390. The monoisotopic (exact) mass is 274 g/mol. The van der Waals surface area contributed by atoms with Crippen LogP contribution in [0.3, 0.4) is 0 Å². The van der Waals surface area contributed by atoms with Crippen molar-refractivity contribution in [2.75, 3.05) is 0 Å². The first kappa shape index (κ1) is 14.8. The first-order valence-corrected chi connectivity index (χ1v) is 6.94. The van der Waals surface area contributed by atoms with Crippen LogP contribution >= 0.6 is 0 Å². The molecule has 7 heteroatoms. The summed E-state index contributed by atoms with van der Waals surface area (Å²) in [7, 11) is -4.99. The summed E-state index contributed by atoms with van der Waals surface area (Å²) in [6.07, 6.45) is -0.389. The van der Waals surface area contributed by atoms with Crippen LogP contribution in [0.15, 0.2) is 0 Å². The summed E-state index contributed by atoms with van der Waals surface area (Å²) in [5.74, 6) is -5.39. The van der Waals surface area contributed by atoms with Gasteiger partial charge in [0.25, 0.3) is 16.0 Å². The smallest absolute Gasteiger partial charge is 0.285 e. The number of rotatable bonds is 2. The van der Waals surface area contributed by atoms with Crippen LogP contribution in [0.1, 0.15) is 33.6 Å². The molecule has 0 aliphatic heterocycles. The van der Waals surface area contributed by atoms with Crippen molar-refractivity contribution in [1.82, 2.24) is 0 Å². The van der Waals surface area contributed by atoms with E-state index in [4.69, 9.17) is 4.55 Å². The van der Waals surface area contributed by atoms with Crippen molar-refractivity contribution in [3.05, 3.63) is 0 Å². The zero-order valence-electron chi connectivity index (χ0n) is 9.95. The van der Waals surface area contributed by atoms with Gasteiger partial charge in [0.2, 0.25) is 0 Å². The fourth-order valence-corrected chi connectivity index (χ4v) is 3.92. The van der Waals surface area contributed by atoms with E-state index >= 15 is 0 Å². The van der Waals surface area contributed by atoms with E-state index in [1.54, 1.807) is 13.8 Å². The molecular weight excluding hydrogens is 257 g/mol. The summed E-state index contributed by atoms with van der Waals surface area (Å²) in [5, 5.41) is -2.36. The predicted octanol–water partition coefficient (Wildman–Crippen LogP) is 2.67. The Morgan fingerprint density at radius 2 is 1.76 bits per heavy atom. The number of halogens is 3. The minimum absolute atomic E-state index is 0.0186. The van der Waals surface area contributed by atoms with Crippen molar-refractivity contribution in [1.29, 1.82) is 0 Å². The fraction of sp³-hybridized carbons (Fsp3) is 1.00. The van der Waals surface area contributed by atoms with Gasteiger partial charge in [-0.15, -0.1) is 0 Å². The third-order valence-electron chi connectivity index (χ3n) is 3.57. The molecule has 0 saturated heterocycles. The Labute approximate surface area is 99.1 Å². The number of hydrogen-bond acceptors (Lipinski definition) is 2. The SMILES string of the molecule is CC(C)C1CCC(C)(F)C(F)(F)C1S(=O)(=O)O. The van der Waals surface area contributed by atoms with Gasteiger partial charge in [-0.25, -0.2) is 13.2 Å². The molecule has 0 aromatic rings. The van der Waals surface area contributed by atoms with Crippen LogP contribution in [0.2, 0.25) is 0 Å². The van der Waals surface area contributed by atoms with Gasteiger partial charge in [0.05, 0.1) is 0 Å². The van der Waals surface area contributed by atoms with E-state index < -0.39 is 39.3 Å². The van der Waals surface area contributed by atoms with Gasteiger partial charge in [-0.1, -0.05) is 13.8 Å². The molecule has 0 aromatic carbocycles. The molecule has 1 saturated carbocycles. The van der Waals surface area contributed by atoms with Gasteiger partial charge >= 0.3 is 0 Å². The van der Waals surface area contributed by atoms with Crippen molar-refractivity contribution in [3.8, 4) is 0 Å². The van der Waals surface area contributed by atoms with Gasteiger partial charge < -0.3 is 0 Å². The standard InChI is InChI=1S/C10H17F3O3S/c1-6(2)7-4-5-9(3,11)10(12,13)8(7)17(14,15)16/h6-8H,4-5H2,1-3H3,(H,14,15,16). The van der Waals surface area contributed by atoms with Crippen LogP contribution in [-0.4, -0.2) is 29.8 Å². The molecule has 1 aliphatic rings. The Kier molecular flexibility index (Phi) is 3.58. The summed E-state index contributed by atoms with van der Waals surface area (Å²) >= 11 is 0. The maximum Gasteiger partial charge on any atom is 0.300 e. The lowest BCUT2D eigenvalue weighted by atomic mass is 9.73. The molecule has 3 unspecified atom stereocenters. The fourth-order valence-electron chi connectivity index (χ4n) is 2.41. The molecule has 1 rings (SSSR count). The summed E-state index contributed by atoms with van der Waals surface area (Å²) in [6, 6.07) is 0. The highest BCUT2D eigenvalue weighted by Crippen LogP contribution is 2.50. The Hall–Kier alpha value is -0.300. The minimum Gasteiger partial charge on any atom is -0.285 e. The lowest BCUT2D eigenvalue weighted by molar-refractivity contribution is -0.166. The maximum absolute atomic E-state index is 13.8. The topological polar surface area (TPSA) is 54.4 Å². The highest BCUT2D eigenvalue weighted by atomic mass is 32.2. The Morgan fingerprint density at radius 1 is 1.29 bits per heavy atom. The van der Waals surface area contributed by atoms with E-state index in [2.05, 4.69) is 0 Å². The molecule has 1 N–H and O–H groups in total. The van der Waals surface area contributed by atoms with Crippen LogP contribution in [0, 0.1) is 11.8 Å². The van der Waals surface area contributed by atoms with E-state index in [9.17, 15) is 21.6 Å². The van der Waals surface area contributed by atoms with Crippen LogP contribution in [-0.2, 0) is 10.1 Å². The van der Waals surface area contributed by atoms with E-state index in [1.165, 1.54) is 0 Å². The van der Waals surface area contributed by atoms with Gasteiger partial charge in [0.15, 0.2) is 10.9 Å². The van der Waals surface area contributed by atoms with Crippen LogP contribution < -0.4 is 0 Å². The van der Waals surface area contributed by atoms with Crippen molar-refractivity contribution in [2.24, 2.45) is 11.8 Å². The molecule has 3 atom stereocenters. The summed E-state index contributed by atoms with van der Waals surface area (Å²) in [5.41, 5.74) is -2.90. The molecule has 0 bridgehead atoms. The molecule has 102 valence electrons. The molecule has 3 nitrogen and oxygen atoms in total. The molecule has 1 fully saturated rings. The highest BCUT2D eigenvalue weighted by molar-refractivity contribution is 7.86. The molecule has 17 heavy (non-hydrogen) atoms. The highest BCUT2D eigenvalue weighted by Gasteiger charge is 2.66. The van der Waals surface area contributed by atoms with Gasteiger partial charge in [-0.2, -0.15) is 8.42 Å².